The largest absolute Gasteiger partial charge is 0.493 e. The molecule has 1 atom stereocenters. The summed E-state index contributed by atoms with van der Waals surface area (Å²) in [5.74, 6) is 1.68. The summed E-state index contributed by atoms with van der Waals surface area (Å²) in [5.41, 5.74) is 3.32. The number of halogens is 1. The Morgan fingerprint density at radius 2 is 1.83 bits per heavy atom. The maximum Gasteiger partial charge on any atom is 0.258 e. The van der Waals surface area contributed by atoms with Crippen LogP contribution in [0.5, 0.6) is 11.5 Å². The summed E-state index contributed by atoms with van der Waals surface area (Å²) in [6, 6.07) is 11.4. The Morgan fingerprint density at radius 1 is 1.09 bits per heavy atom. The maximum atomic E-state index is 13.6. The van der Waals surface area contributed by atoms with Crippen molar-refractivity contribution in [1.29, 1.82) is 0 Å². The molecule has 0 fully saturated rings. The van der Waals surface area contributed by atoms with Gasteiger partial charge in [-0.2, -0.15) is 4.98 Å². The van der Waals surface area contributed by atoms with Crippen LogP contribution in [0.25, 0.3) is 17.0 Å². The Bertz CT molecular complexity index is 1230. The first-order valence-electron chi connectivity index (χ1n) is 11.6. The standard InChI is InChI=1S/C26H29FN4O3S/c1-5-6-7-14-31-16(2)22(23(28-26(31)35)17-8-11-19(27)12-9-17)25-29-24(30-34-25)18-10-13-20(32-3)21(15-18)33-4/h8-13,15,23H,5-7,14H2,1-4H3,(H,28,35). The van der Waals surface area contributed by atoms with Gasteiger partial charge in [0.05, 0.1) is 25.8 Å². The van der Waals surface area contributed by atoms with Crippen molar-refractivity contribution in [1.82, 2.24) is 20.4 Å². The molecule has 184 valence electrons. The number of hydrogen-bond acceptors (Lipinski definition) is 6. The van der Waals surface area contributed by atoms with Crippen LogP contribution in [-0.4, -0.2) is 40.9 Å². The highest BCUT2D eigenvalue weighted by Crippen LogP contribution is 2.38. The fourth-order valence-corrected chi connectivity index (χ4v) is 4.52. The second kappa shape index (κ2) is 10.9. The molecule has 0 saturated heterocycles. The van der Waals surface area contributed by atoms with Crippen LogP contribution in [0.2, 0.25) is 0 Å². The normalized spacial score (nSPS) is 15.9. The number of benzene rings is 2. The van der Waals surface area contributed by atoms with E-state index in [0.717, 1.165) is 48.2 Å². The van der Waals surface area contributed by atoms with Gasteiger partial charge in [-0.3, -0.25) is 0 Å². The lowest BCUT2D eigenvalue weighted by atomic mass is 9.94. The molecule has 7 nitrogen and oxygen atoms in total. The van der Waals surface area contributed by atoms with Crippen LogP contribution in [0.4, 0.5) is 4.39 Å². The van der Waals surface area contributed by atoms with Gasteiger partial charge in [-0.1, -0.05) is 37.1 Å². The fraction of sp³-hybridized carbons (Fsp3) is 0.346. The first kappa shape index (κ1) is 24.7. The number of aromatic nitrogens is 2. The Kier molecular flexibility index (Phi) is 7.65. The number of unbranched alkanes of at least 4 members (excludes halogenated alkanes) is 2. The highest BCUT2D eigenvalue weighted by Gasteiger charge is 2.34. The maximum absolute atomic E-state index is 13.6. The van der Waals surface area contributed by atoms with Crippen molar-refractivity contribution >= 4 is 22.9 Å². The zero-order valence-electron chi connectivity index (χ0n) is 20.3. The minimum atomic E-state index is -0.357. The van der Waals surface area contributed by atoms with Gasteiger partial charge in [0, 0.05) is 17.8 Å². The van der Waals surface area contributed by atoms with Gasteiger partial charge in [0.1, 0.15) is 5.82 Å². The molecule has 1 aliphatic rings. The van der Waals surface area contributed by atoms with Crippen LogP contribution in [0, 0.1) is 5.82 Å². The molecule has 1 aromatic heterocycles. The van der Waals surface area contributed by atoms with Crippen molar-refractivity contribution in [2.45, 2.75) is 39.2 Å². The van der Waals surface area contributed by atoms with Crippen molar-refractivity contribution in [2.75, 3.05) is 20.8 Å². The summed E-state index contributed by atoms with van der Waals surface area (Å²) in [5, 5.41) is 8.26. The van der Waals surface area contributed by atoms with Crippen molar-refractivity contribution in [3.05, 3.63) is 65.4 Å². The molecule has 2 aromatic carbocycles. The third-order valence-electron chi connectivity index (χ3n) is 6.08. The highest BCUT2D eigenvalue weighted by molar-refractivity contribution is 7.80. The van der Waals surface area contributed by atoms with Gasteiger partial charge < -0.3 is 24.2 Å². The number of ether oxygens (including phenoxy) is 2. The number of thiocarbonyl (C=S) groups is 1. The van der Waals surface area contributed by atoms with Crippen molar-refractivity contribution in [3.8, 4) is 22.9 Å². The van der Waals surface area contributed by atoms with Crippen LogP contribution < -0.4 is 14.8 Å². The lowest BCUT2D eigenvalue weighted by molar-refractivity contribution is 0.355. The Labute approximate surface area is 209 Å². The van der Waals surface area contributed by atoms with Gasteiger partial charge in [-0.25, -0.2) is 4.39 Å². The van der Waals surface area contributed by atoms with Crippen LogP contribution in [0.3, 0.4) is 0 Å². The predicted octanol–water partition coefficient (Wildman–Crippen LogP) is 5.75. The van der Waals surface area contributed by atoms with Gasteiger partial charge in [0.2, 0.25) is 5.82 Å². The second-order valence-electron chi connectivity index (χ2n) is 8.28. The number of methoxy groups -OCH3 is 2. The van der Waals surface area contributed by atoms with E-state index in [0.29, 0.717) is 28.3 Å². The fourth-order valence-electron chi connectivity index (χ4n) is 4.18. The van der Waals surface area contributed by atoms with E-state index in [4.69, 9.17) is 31.2 Å². The SMILES string of the molecule is CCCCCN1C(=S)NC(c2ccc(F)cc2)C(c2nc(-c3ccc(OC)c(OC)c3)no2)=C1C. The van der Waals surface area contributed by atoms with E-state index >= 15 is 0 Å². The average Bonchev–Trinajstić information content (AvgIpc) is 3.35. The topological polar surface area (TPSA) is 72.7 Å². The Balaban J connectivity index is 1.76. The molecule has 1 unspecified atom stereocenters. The van der Waals surface area contributed by atoms with E-state index < -0.39 is 0 Å². The lowest BCUT2D eigenvalue weighted by Gasteiger charge is -2.37. The van der Waals surface area contributed by atoms with Crippen LogP contribution >= 0.6 is 12.2 Å². The van der Waals surface area contributed by atoms with Gasteiger partial charge >= 0.3 is 0 Å². The third-order valence-corrected chi connectivity index (χ3v) is 6.42. The van der Waals surface area contributed by atoms with Crippen LogP contribution in [0.15, 0.2) is 52.7 Å². The molecule has 1 aliphatic heterocycles. The lowest BCUT2D eigenvalue weighted by Crippen LogP contribution is -2.46. The Hall–Kier alpha value is -3.46. The van der Waals surface area contributed by atoms with E-state index in [1.54, 1.807) is 38.5 Å². The molecular formula is C26H29FN4O3S. The van der Waals surface area contributed by atoms with E-state index in [-0.39, 0.29) is 11.9 Å². The summed E-state index contributed by atoms with van der Waals surface area (Å²) in [6.45, 7) is 4.95. The number of hydrogen-bond donors (Lipinski definition) is 1. The van der Waals surface area contributed by atoms with Gasteiger partial charge in [0.15, 0.2) is 16.6 Å². The smallest absolute Gasteiger partial charge is 0.258 e. The number of rotatable bonds is 9. The monoisotopic (exact) mass is 496 g/mol. The zero-order chi connectivity index (χ0) is 24.9. The molecule has 0 amide bonds. The number of nitrogens with one attached hydrogen (secondary N) is 1. The van der Waals surface area contributed by atoms with Crippen LogP contribution in [0.1, 0.15) is 50.6 Å². The third kappa shape index (κ3) is 5.14. The number of allylic oxidation sites excluding steroid dienone is 1. The van der Waals surface area contributed by atoms with Crippen molar-refractivity contribution in [3.63, 3.8) is 0 Å². The molecular weight excluding hydrogens is 467 g/mol. The molecule has 3 aromatic rings. The van der Waals surface area contributed by atoms with Crippen molar-refractivity contribution < 1.29 is 18.4 Å². The minimum Gasteiger partial charge on any atom is -0.493 e. The molecule has 35 heavy (non-hydrogen) atoms. The van der Waals surface area contributed by atoms with E-state index in [1.165, 1.54) is 12.1 Å². The molecule has 0 aliphatic carbocycles. The first-order chi connectivity index (χ1) is 17.0. The molecule has 0 spiro atoms. The quantitative estimate of drug-likeness (QED) is 0.297. The molecule has 2 heterocycles. The first-order valence-corrected chi connectivity index (χ1v) is 12.0. The summed E-state index contributed by atoms with van der Waals surface area (Å²) in [6.07, 6.45) is 3.22. The summed E-state index contributed by atoms with van der Waals surface area (Å²) in [4.78, 5) is 6.79. The summed E-state index contributed by atoms with van der Waals surface area (Å²) in [7, 11) is 3.16. The van der Waals surface area contributed by atoms with E-state index in [1.807, 2.05) is 13.0 Å². The van der Waals surface area contributed by atoms with Gasteiger partial charge in [0.25, 0.3) is 5.89 Å². The highest BCUT2D eigenvalue weighted by atomic mass is 32.1. The van der Waals surface area contributed by atoms with E-state index in [9.17, 15) is 4.39 Å². The predicted molar refractivity (Wildman–Crippen MR) is 137 cm³/mol. The second-order valence-corrected chi connectivity index (χ2v) is 8.67. The minimum absolute atomic E-state index is 0.302. The van der Waals surface area contributed by atoms with Gasteiger partial charge in [-0.05, 0) is 61.5 Å². The van der Waals surface area contributed by atoms with Crippen LogP contribution in [-0.2, 0) is 0 Å². The zero-order valence-corrected chi connectivity index (χ0v) is 21.1. The summed E-state index contributed by atoms with van der Waals surface area (Å²) >= 11 is 5.71. The molecule has 4 rings (SSSR count). The van der Waals surface area contributed by atoms with Crippen molar-refractivity contribution in [2.24, 2.45) is 0 Å². The molecule has 0 bridgehead atoms. The molecule has 0 saturated carbocycles. The average molecular weight is 497 g/mol. The molecule has 9 heteroatoms. The number of nitrogens with zero attached hydrogens (tertiary/aromatic N) is 3. The Morgan fingerprint density at radius 3 is 2.51 bits per heavy atom. The molecule has 0 radical (unpaired) electrons. The molecule has 1 N–H and O–H groups in total. The summed E-state index contributed by atoms with van der Waals surface area (Å²) < 4.78 is 30.2. The van der Waals surface area contributed by atoms with Gasteiger partial charge in [-0.15, -0.1) is 0 Å². The van der Waals surface area contributed by atoms with E-state index in [2.05, 4.69) is 22.3 Å².